The van der Waals surface area contributed by atoms with Crippen LogP contribution in [0.3, 0.4) is 0 Å². The van der Waals surface area contributed by atoms with Crippen molar-refractivity contribution in [1.82, 2.24) is 4.57 Å². The number of thioether (sulfide) groups is 1. The monoisotopic (exact) mass is 323 g/mol. The highest BCUT2D eigenvalue weighted by atomic mass is 32.2. The molecule has 0 amide bonds. The molecule has 1 aromatic carbocycles. The van der Waals surface area contributed by atoms with Crippen LogP contribution in [0.5, 0.6) is 0 Å². The SMILES string of the molecule is CC=CC1=Cc2cc3ccccc3n2C(C2CC(C)=C(C)S2)O1. The minimum absolute atomic E-state index is 0.0403. The molecule has 0 saturated carbocycles. The highest BCUT2D eigenvalue weighted by Crippen LogP contribution is 2.46. The minimum atomic E-state index is 0.0403. The molecule has 2 atom stereocenters. The van der Waals surface area contributed by atoms with E-state index >= 15 is 0 Å². The average molecular weight is 323 g/mol. The van der Waals surface area contributed by atoms with Crippen molar-refractivity contribution in [1.29, 1.82) is 0 Å². The van der Waals surface area contributed by atoms with E-state index in [1.54, 1.807) is 0 Å². The van der Waals surface area contributed by atoms with Gasteiger partial charge in [0, 0.05) is 17.2 Å². The van der Waals surface area contributed by atoms with Crippen molar-refractivity contribution in [3.63, 3.8) is 0 Å². The molecule has 118 valence electrons. The third-order valence-corrected chi connectivity index (χ3v) is 6.07. The third-order valence-electron chi connectivity index (χ3n) is 4.66. The van der Waals surface area contributed by atoms with Crippen LogP contribution in [0.25, 0.3) is 17.0 Å². The smallest absolute Gasteiger partial charge is 0.189 e. The Bertz CT molecular complexity index is 842. The molecule has 3 heteroatoms. The fraction of sp³-hybridized carbons (Fsp3) is 0.300. The maximum atomic E-state index is 6.39. The molecule has 1 aromatic heterocycles. The number of nitrogens with zero attached hydrogens (tertiary/aromatic N) is 1. The second kappa shape index (κ2) is 5.64. The Kier molecular flexibility index (Phi) is 3.61. The molecule has 2 aromatic rings. The lowest BCUT2D eigenvalue weighted by Crippen LogP contribution is -2.26. The topological polar surface area (TPSA) is 14.2 Å². The summed E-state index contributed by atoms with van der Waals surface area (Å²) in [6.45, 7) is 6.49. The van der Waals surface area contributed by atoms with Crippen molar-refractivity contribution in [2.45, 2.75) is 38.7 Å². The Labute approximate surface area is 141 Å². The molecule has 0 radical (unpaired) electrons. The maximum Gasteiger partial charge on any atom is 0.189 e. The van der Waals surface area contributed by atoms with Crippen LogP contribution in [-0.4, -0.2) is 9.82 Å². The largest absolute Gasteiger partial charge is 0.469 e. The molecule has 0 fully saturated rings. The number of ether oxygens (including phenoxy) is 1. The van der Waals surface area contributed by atoms with Crippen molar-refractivity contribution >= 4 is 28.7 Å². The number of fused-ring (bicyclic) bond motifs is 3. The summed E-state index contributed by atoms with van der Waals surface area (Å²) < 4.78 is 8.76. The van der Waals surface area contributed by atoms with Gasteiger partial charge in [0.15, 0.2) is 6.23 Å². The Hall–Kier alpha value is -1.87. The predicted octanol–water partition coefficient (Wildman–Crippen LogP) is 5.89. The zero-order valence-electron chi connectivity index (χ0n) is 13.7. The molecule has 23 heavy (non-hydrogen) atoms. The van der Waals surface area contributed by atoms with E-state index in [2.05, 4.69) is 60.9 Å². The van der Waals surface area contributed by atoms with Crippen molar-refractivity contribution in [2.24, 2.45) is 0 Å². The maximum absolute atomic E-state index is 6.39. The highest BCUT2D eigenvalue weighted by molar-refractivity contribution is 8.03. The van der Waals surface area contributed by atoms with Crippen LogP contribution in [-0.2, 0) is 4.74 Å². The normalized spacial score (nSPS) is 24.2. The molecule has 2 unspecified atom stereocenters. The fourth-order valence-corrected chi connectivity index (χ4v) is 4.80. The molecule has 2 aliphatic rings. The number of hydrogen-bond donors (Lipinski definition) is 0. The first-order chi connectivity index (χ1) is 11.2. The van der Waals surface area contributed by atoms with E-state index in [0.29, 0.717) is 5.25 Å². The van der Waals surface area contributed by atoms with Crippen LogP contribution in [0.1, 0.15) is 39.1 Å². The van der Waals surface area contributed by atoms with E-state index in [-0.39, 0.29) is 6.23 Å². The van der Waals surface area contributed by atoms with Gasteiger partial charge in [0.1, 0.15) is 5.76 Å². The predicted molar refractivity (Wildman–Crippen MR) is 99.2 cm³/mol. The van der Waals surface area contributed by atoms with E-state index in [0.717, 1.165) is 12.2 Å². The van der Waals surface area contributed by atoms with E-state index in [1.165, 1.54) is 27.1 Å². The number of hydrogen-bond acceptors (Lipinski definition) is 2. The van der Waals surface area contributed by atoms with Crippen LogP contribution in [0.15, 0.2) is 58.7 Å². The molecule has 0 saturated heterocycles. The van der Waals surface area contributed by atoms with Crippen LogP contribution in [0.4, 0.5) is 0 Å². The lowest BCUT2D eigenvalue weighted by molar-refractivity contribution is 0.0614. The molecule has 0 spiro atoms. The van der Waals surface area contributed by atoms with E-state index in [4.69, 9.17) is 4.74 Å². The highest BCUT2D eigenvalue weighted by Gasteiger charge is 2.34. The third kappa shape index (κ3) is 2.43. The van der Waals surface area contributed by atoms with Gasteiger partial charge in [-0.15, -0.1) is 11.8 Å². The van der Waals surface area contributed by atoms with Crippen LogP contribution >= 0.6 is 11.8 Å². The number of aromatic nitrogens is 1. The summed E-state index contributed by atoms with van der Waals surface area (Å²) in [4.78, 5) is 1.44. The van der Waals surface area contributed by atoms with Gasteiger partial charge in [-0.1, -0.05) is 29.8 Å². The zero-order chi connectivity index (χ0) is 16.0. The summed E-state index contributed by atoms with van der Waals surface area (Å²) in [5.74, 6) is 0.954. The molecule has 0 bridgehead atoms. The van der Waals surface area contributed by atoms with Gasteiger partial charge in [0.05, 0.1) is 10.8 Å². The summed E-state index contributed by atoms with van der Waals surface area (Å²) in [5, 5.41) is 1.71. The van der Waals surface area contributed by atoms with Gasteiger partial charge in [-0.3, -0.25) is 0 Å². The second-order valence-corrected chi connectivity index (χ2v) is 7.70. The molecule has 2 aliphatic heterocycles. The number of allylic oxidation sites excluding steroid dienone is 4. The van der Waals surface area contributed by atoms with Crippen LogP contribution in [0.2, 0.25) is 0 Å². The number of para-hydroxylation sites is 1. The molecule has 2 nitrogen and oxygen atoms in total. The summed E-state index contributed by atoms with van der Waals surface area (Å²) >= 11 is 1.96. The summed E-state index contributed by atoms with van der Waals surface area (Å²) in [7, 11) is 0. The zero-order valence-corrected chi connectivity index (χ0v) is 14.6. The number of rotatable bonds is 2. The lowest BCUT2D eigenvalue weighted by atomic mass is 10.1. The van der Waals surface area contributed by atoms with Gasteiger partial charge in [-0.05, 0) is 50.3 Å². The van der Waals surface area contributed by atoms with Gasteiger partial charge in [-0.25, -0.2) is 0 Å². The van der Waals surface area contributed by atoms with Gasteiger partial charge < -0.3 is 9.30 Å². The van der Waals surface area contributed by atoms with Crippen molar-refractivity contribution in [2.75, 3.05) is 0 Å². The van der Waals surface area contributed by atoms with Crippen LogP contribution < -0.4 is 0 Å². The molecule has 3 heterocycles. The first-order valence-electron chi connectivity index (χ1n) is 8.11. The van der Waals surface area contributed by atoms with Gasteiger partial charge in [0.25, 0.3) is 0 Å². The minimum Gasteiger partial charge on any atom is -0.469 e. The standard InChI is InChI=1S/C20H21NOS/c1-4-7-17-12-16-11-15-8-5-6-9-18(15)21(16)20(22-17)19-10-13(2)14(3)23-19/h4-9,11-12,19-20H,10H2,1-3H3. The molecular formula is C20H21NOS. The molecular weight excluding hydrogens is 302 g/mol. The van der Waals surface area contributed by atoms with Crippen molar-refractivity contribution in [3.05, 3.63) is 64.4 Å². The molecule has 0 aliphatic carbocycles. The fourth-order valence-electron chi connectivity index (χ4n) is 3.43. The first kappa shape index (κ1) is 14.7. The van der Waals surface area contributed by atoms with Crippen LogP contribution in [0, 0.1) is 0 Å². The Balaban J connectivity index is 1.83. The summed E-state index contributed by atoms with van der Waals surface area (Å²) in [6, 6.07) is 10.8. The van der Waals surface area contributed by atoms with Gasteiger partial charge >= 0.3 is 0 Å². The van der Waals surface area contributed by atoms with E-state index in [9.17, 15) is 0 Å². The Morgan fingerprint density at radius 1 is 1.26 bits per heavy atom. The Morgan fingerprint density at radius 2 is 2.09 bits per heavy atom. The summed E-state index contributed by atoms with van der Waals surface area (Å²) in [6.07, 6.45) is 7.37. The Morgan fingerprint density at radius 3 is 2.83 bits per heavy atom. The van der Waals surface area contributed by atoms with E-state index < -0.39 is 0 Å². The van der Waals surface area contributed by atoms with E-state index in [1.807, 2.05) is 24.8 Å². The summed E-state index contributed by atoms with van der Waals surface area (Å²) in [5.41, 5.74) is 3.98. The number of benzene rings is 1. The second-order valence-electron chi connectivity index (χ2n) is 6.25. The van der Waals surface area contributed by atoms with Gasteiger partial charge in [0.2, 0.25) is 0 Å². The lowest BCUT2D eigenvalue weighted by Gasteiger charge is -2.31. The molecule has 0 N–H and O–H groups in total. The quantitative estimate of drug-likeness (QED) is 0.684. The average Bonchev–Trinajstić information content (AvgIpc) is 3.07. The van der Waals surface area contributed by atoms with Gasteiger partial charge in [-0.2, -0.15) is 0 Å². The van der Waals surface area contributed by atoms with Crippen molar-refractivity contribution < 1.29 is 4.74 Å². The van der Waals surface area contributed by atoms with Crippen molar-refractivity contribution in [3.8, 4) is 0 Å². The molecule has 4 rings (SSSR count). The first-order valence-corrected chi connectivity index (χ1v) is 8.99.